The number of likely N-dealkylation sites (tertiary alicyclic amines) is 1. The molecule has 1 aliphatic heterocycles. The van der Waals surface area contributed by atoms with Crippen molar-refractivity contribution in [3.63, 3.8) is 0 Å². The van der Waals surface area contributed by atoms with Gasteiger partial charge in [-0.1, -0.05) is 18.2 Å². The predicted molar refractivity (Wildman–Crippen MR) is 109 cm³/mol. The van der Waals surface area contributed by atoms with Gasteiger partial charge in [-0.15, -0.1) is 0 Å². The molecule has 33 heavy (non-hydrogen) atoms. The Morgan fingerprint density at radius 3 is 2.42 bits per heavy atom. The van der Waals surface area contributed by atoms with Gasteiger partial charge in [0.1, 0.15) is 5.82 Å². The number of benzene rings is 1. The van der Waals surface area contributed by atoms with E-state index in [2.05, 4.69) is 25.3 Å². The lowest BCUT2D eigenvalue weighted by Crippen LogP contribution is -2.47. The Morgan fingerprint density at radius 1 is 1.00 bits per heavy atom. The number of hydrogen-bond acceptors (Lipinski definition) is 6. The molecule has 0 spiro atoms. The predicted octanol–water partition coefficient (Wildman–Crippen LogP) is 3.81. The summed E-state index contributed by atoms with van der Waals surface area (Å²) < 4.78 is 51.4. The Labute approximate surface area is 185 Å². The molecule has 7 nitrogen and oxygen atoms in total. The van der Waals surface area contributed by atoms with E-state index in [0.717, 1.165) is 31.4 Å². The zero-order valence-corrected chi connectivity index (χ0v) is 17.1. The summed E-state index contributed by atoms with van der Waals surface area (Å²) in [6.07, 6.45) is 0.855. The van der Waals surface area contributed by atoms with Crippen molar-refractivity contribution in [2.45, 2.75) is 31.1 Å². The van der Waals surface area contributed by atoms with Crippen molar-refractivity contribution in [1.29, 1.82) is 0 Å². The van der Waals surface area contributed by atoms with Crippen LogP contribution in [0.3, 0.4) is 0 Å². The van der Waals surface area contributed by atoms with Crippen LogP contribution in [0.4, 0.5) is 23.4 Å². The van der Waals surface area contributed by atoms with E-state index in [0.29, 0.717) is 23.9 Å². The van der Waals surface area contributed by atoms with Gasteiger partial charge in [0, 0.05) is 18.2 Å². The first kappa shape index (κ1) is 21.2. The van der Waals surface area contributed by atoms with Gasteiger partial charge in [-0.25, -0.2) is 24.3 Å². The van der Waals surface area contributed by atoms with Gasteiger partial charge in [0.25, 0.3) is 5.91 Å². The summed E-state index contributed by atoms with van der Waals surface area (Å²) in [5.41, 5.74) is -0.148. The van der Waals surface area contributed by atoms with Crippen LogP contribution in [0, 0.1) is 11.7 Å². The van der Waals surface area contributed by atoms with Crippen LogP contribution in [-0.2, 0) is 6.18 Å². The number of nitrogens with one attached hydrogen (secondary N) is 1. The second-order valence-electron chi connectivity index (χ2n) is 8.17. The number of fused-ring (bicyclic) bond motifs is 2. The highest BCUT2D eigenvalue weighted by Gasteiger charge is 2.47. The Morgan fingerprint density at radius 2 is 1.76 bits per heavy atom. The van der Waals surface area contributed by atoms with E-state index in [4.69, 9.17) is 0 Å². The SMILES string of the molecule is O=C(c1ccccc1-c1ncc(F)cn1)N1C[C@@H]2C[C@@H](Nc3cnc(C(F)(F)F)cn3)[C@@H]1C2. The summed E-state index contributed by atoms with van der Waals surface area (Å²) in [6, 6.07) is 6.58. The van der Waals surface area contributed by atoms with E-state index in [1.54, 1.807) is 29.2 Å². The van der Waals surface area contributed by atoms with Gasteiger partial charge in [0.05, 0.1) is 36.4 Å². The summed E-state index contributed by atoms with van der Waals surface area (Å²) in [4.78, 5) is 30.5. The van der Waals surface area contributed by atoms with E-state index in [1.165, 1.54) is 0 Å². The fourth-order valence-corrected chi connectivity index (χ4v) is 4.62. The smallest absolute Gasteiger partial charge is 0.364 e. The van der Waals surface area contributed by atoms with Crippen LogP contribution >= 0.6 is 0 Å². The second kappa shape index (κ2) is 8.05. The molecule has 5 rings (SSSR count). The lowest BCUT2D eigenvalue weighted by molar-refractivity contribution is -0.141. The first-order valence-electron chi connectivity index (χ1n) is 10.3. The lowest BCUT2D eigenvalue weighted by atomic mass is 10.0. The van der Waals surface area contributed by atoms with Crippen LogP contribution in [0.15, 0.2) is 49.1 Å². The van der Waals surface area contributed by atoms with Crippen LogP contribution in [0.5, 0.6) is 0 Å². The normalized spacial score (nSPS) is 21.9. The van der Waals surface area contributed by atoms with Crippen LogP contribution in [0.25, 0.3) is 11.4 Å². The molecule has 1 N–H and O–H groups in total. The van der Waals surface area contributed by atoms with E-state index >= 15 is 0 Å². The number of hydrogen-bond donors (Lipinski definition) is 1. The average molecular weight is 458 g/mol. The minimum absolute atomic E-state index is 0.145. The van der Waals surface area contributed by atoms with Crippen LogP contribution in [0.2, 0.25) is 0 Å². The molecule has 1 aliphatic carbocycles. The van der Waals surface area contributed by atoms with Gasteiger partial charge in [-0.3, -0.25) is 4.79 Å². The highest BCUT2D eigenvalue weighted by molar-refractivity contribution is 6.00. The topological polar surface area (TPSA) is 83.9 Å². The number of carbonyl (C=O) groups is 1. The standard InChI is InChI=1S/C22H18F4N6O/c23-13-7-29-20(30-8-13)14-3-1-2-4-15(14)21(33)32-11-12-5-16(17(32)6-12)31-19-10-27-18(9-28-19)22(24,25)26/h1-4,7-10,12,16-17H,5-6,11H2,(H,28,31)/t12-,16-,17+/m1/s1. The molecule has 170 valence electrons. The third-order valence-electron chi connectivity index (χ3n) is 6.04. The van der Waals surface area contributed by atoms with Gasteiger partial charge in [-0.05, 0) is 24.8 Å². The van der Waals surface area contributed by atoms with Gasteiger partial charge in [0.2, 0.25) is 0 Å². The quantitative estimate of drug-likeness (QED) is 0.599. The van der Waals surface area contributed by atoms with Crippen LogP contribution in [0.1, 0.15) is 28.9 Å². The molecule has 0 radical (unpaired) electrons. The van der Waals surface area contributed by atoms with Crippen molar-refractivity contribution < 1.29 is 22.4 Å². The molecular formula is C22H18F4N6O. The molecule has 0 unspecified atom stereocenters. The molecule has 2 aromatic heterocycles. The molecule has 3 heterocycles. The number of nitrogens with zero attached hydrogens (tertiary/aromatic N) is 5. The highest BCUT2D eigenvalue weighted by Crippen LogP contribution is 2.40. The summed E-state index contributed by atoms with van der Waals surface area (Å²) in [6.45, 7) is 0.582. The molecule has 11 heteroatoms. The number of piperidine rings is 1. The van der Waals surface area contributed by atoms with Gasteiger partial charge < -0.3 is 10.2 Å². The summed E-state index contributed by atoms with van der Waals surface area (Å²) in [5, 5.41) is 3.14. The first-order chi connectivity index (χ1) is 15.8. The van der Waals surface area contributed by atoms with E-state index in [-0.39, 0.29) is 35.6 Å². The molecule has 2 fully saturated rings. The Kier molecular flexibility index (Phi) is 5.18. The fourth-order valence-electron chi connectivity index (χ4n) is 4.62. The molecular weight excluding hydrogens is 440 g/mol. The molecule has 1 saturated heterocycles. The molecule has 1 amide bonds. The van der Waals surface area contributed by atoms with Gasteiger partial charge >= 0.3 is 6.18 Å². The summed E-state index contributed by atoms with van der Waals surface area (Å²) >= 11 is 0. The zero-order valence-electron chi connectivity index (χ0n) is 17.1. The first-order valence-corrected chi connectivity index (χ1v) is 10.3. The molecule has 3 atom stereocenters. The Balaban J connectivity index is 1.35. The number of alkyl halides is 3. The molecule has 2 bridgehead atoms. The van der Waals surface area contributed by atoms with Crippen molar-refractivity contribution in [3.05, 3.63) is 66.1 Å². The van der Waals surface area contributed by atoms with Crippen LogP contribution in [-0.4, -0.2) is 49.4 Å². The monoisotopic (exact) mass is 458 g/mol. The maximum Gasteiger partial charge on any atom is 0.434 e. The van der Waals surface area contributed by atoms with Crippen molar-refractivity contribution in [2.75, 3.05) is 11.9 Å². The average Bonchev–Trinajstić information content (AvgIpc) is 3.40. The van der Waals surface area contributed by atoms with Crippen LogP contribution < -0.4 is 5.32 Å². The summed E-state index contributed by atoms with van der Waals surface area (Å²) in [7, 11) is 0. The fraction of sp³-hybridized carbons (Fsp3) is 0.318. The number of amides is 1. The number of anilines is 1. The van der Waals surface area contributed by atoms with Gasteiger partial charge in [0.15, 0.2) is 17.3 Å². The number of halogens is 4. The molecule has 1 aromatic carbocycles. The third kappa shape index (κ3) is 4.10. The third-order valence-corrected chi connectivity index (χ3v) is 6.04. The lowest BCUT2D eigenvalue weighted by Gasteiger charge is -2.34. The van der Waals surface area contributed by atoms with E-state index in [9.17, 15) is 22.4 Å². The number of aromatic nitrogens is 4. The maximum absolute atomic E-state index is 13.5. The molecule has 2 aliphatic rings. The number of rotatable bonds is 4. The minimum atomic E-state index is -4.55. The van der Waals surface area contributed by atoms with Crippen molar-refractivity contribution in [2.24, 2.45) is 5.92 Å². The zero-order chi connectivity index (χ0) is 23.2. The second-order valence-corrected chi connectivity index (χ2v) is 8.17. The molecule has 1 saturated carbocycles. The van der Waals surface area contributed by atoms with Crippen molar-refractivity contribution in [1.82, 2.24) is 24.8 Å². The molecule has 3 aromatic rings. The van der Waals surface area contributed by atoms with Gasteiger partial charge in [-0.2, -0.15) is 13.2 Å². The Hall–Kier alpha value is -3.63. The summed E-state index contributed by atoms with van der Waals surface area (Å²) in [5.74, 6) is -0.0173. The number of carbonyl (C=O) groups excluding carboxylic acids is 1. The highest BCUT2D eigenvalue weighted by atomic mass is 19.4. The maximum atomic E-state index is 13.5. The van der Waals surface area contributed by atoms with E-state index in [1.807, 2.05) is 0 Å². The minimum Gasteiger partial charge on any atom is -0.364 e. The Bertz CT molecular complexity index is 1170. The largest absolute Gasteiger partial charge is 0.434 e. The van der Waals surface area contributed by atoms with Crippen molar-refractivity contribution in [3.8, 4) is 11.4 Å². The van der Waals surface area contributed by atoms with Crippen molar-refractivity contribution >= 4 is 11.7 Å². The van der Waals surface area contributed by atoms with E-state index < -0.39 is 17.7 Å².